The smallest absolute Gasteiger partial charge is 0.312 e. The van der Waals surface area contributed by atoms with Crippen LogP contribution < -0.4 is 0 Å². The molecule has 0 aromatic rings. The van der Waals surface area contributed by atoms with Crippen molar-refractivity contribution in [3.63, 3.8) is 0 Å². The molecule has 2 rings (SSSR count). The molecule has 0 N–H and O–H groups in total. The van der Waals surface area contributed by atoms with Crippen molar-refractivity contribution in [3.8, 4) is 0 Å². The number of carbonyl (C=O) groups excluding carboxylic acids is 2. The Morgan fingerprint density at radius 1 is 0.947 bits per heavy atom. The van der Waals surface area contributed by atoms with E-state index in [-0.39, 0.29) is 37.2 Å². The van der Waals surface area contributed by atoms with Crippen molar-refractivity contribution in [1.29, 1.82) is 0 Å². The molecule has 0 aliphatic carbocycles. The second-order valence-electron chi connectivity index (χ2n) is 4.55. The Morgan fingerprint density at radius 3 is 1.74 bits per heavy atom. The molecular formula is C12H16Cl2O5. The zero-order valence-electron chi connectivity index (χ0n) is 10.3. The van der Waals surface area contributed by atoms with E-state index in [4.69, 9.17) is 37.4 Å². The number of esters is 2. The largest absolute Gasteiger partial charge is 0.464 e. The number of hydrogen-bond acceptors (Lipinski definition) is 5. The van der Waals surface area contributed by atoms with Gasteiger partial charge in [-0.3, -0.25) is 9.59 Å². The van der Waals surface area contributed by atoms with E-state index >= 15 is 0 Å². The Kier molecular flexibility index (Phi) is 5.30. The van der Waals surface area contributed by atoms with Crippen molar-refractivity contribution in [1.82, 2.24) is 0 Å². The third-order valence-corrected chi connectivity index (χ3v) is 3.77. The van der Waals surface area contributed by atoms with Crippen LogP contribution in [0.4, 0.5) is 0 Å². The molecule has 0 unspecified atom stereocenters. The van der Waals surface area contributed by atoms with E-state index in [9.17, 15) is 9.59 Å². The van der Waals surface area contributed by atoms with Crippen molar-refractivity contribution in [2.45, 2.75) is 25.0 Å². The van der Waals surface area contributed by atoms with Crippen molar-refractivity contribution >= 4 is 35.1 Å². The standard InChI is InChI=1S/C12H16Cl2O5/c13-3-5-17-11(15)9-7-1-2-8(19-7)10(9)12(16)18-6-4-14/h7-10H,1-6H2/t7-,8+,9-,10-/m1/s1. The Morgan fingerprint density at radius 2 is 1.37 bits per heavy atom. The van der Waals surface area contributed by atoms with Crippen LogP contribution in [-0.2, 0) is 23.8 Å². The van der Waals surface area contributed by atoms with Crippen LogP contribution in [0, 0.1) is 11.8 Å². The quantitative estimate of drug-likeness (QED) is 0.547. The second-order valence-corrected chi connectivity index (χ2v) is 5.31. The molecule has 0 spiro atoms. The molecule has 5 nitrogen and oxygen atoms in total. The summed E-state index contributed by atoms with van der Waals surface area (Å²) in [7, 11) is 0. The van der Waals surface area contributed by atoms with E-state index in [0.29, 0.717) is 0 Å². The van der Waals surface area contributed by atoms with Crippen LogP contribution in [0.2, 0.25) is 0 Å². The molecule has 0 saturated carbocycles. The van der Waals surface area contributed by atoms with Gasteiger partial charge in [0.15, 0.2) is 0 Å². The third kappa shape index (κ3) is 3.15. The highest BCUT2D eigenvalue weighted by atomic mass is 35.5. The number of alkyl halides is 2. The van der Waals surface area contributed by atoms with Crippen LogP contribution in [0.1, 0.15) is 12.8 Å². The van der Waals surface area contributed by atoms with E-state index in [1.54, 1.807) is 0 Å². The SMILES string of the molecule is O=C(OCCCl)[C@H]1[C@H](C(=O)OCCCl)[C@H]2CC[C@@H]1O2. The highest BCUT2D eigenvalue weighted by Crippen LogP contribution is 2.44. The highest BCUT2D eigenvalue weighted by Gasteiger charge is 2.56. The molecule has 2 bridgehead atoms. The zero-order chi connectivity index (χ0) is 13.8. The fourth-order valence-electron chi connectivity index (χ4n) is 2.75. The Hall–Kier alpha value is -0.520. The maximum Gasteiger partial charge on any atom is 0.312 e. The molecule has 2 aliphatic rings. The lowest BCUT2D eigenvalue weighted by Gasteiger charge is -2.24. The first-order chi connectivity index (χ1) is 9.19. The summed E-state index contributed by atoms with van der Waals surface area (Å²) >= 11 is 11.0. The summed E-state index contributed by atoms with van der Waals surface area (Å²) in [5.41, 5.74) is 0. The summed E-state index contributed by atoms with van der Waals surface area (Å²) in [4.78, 5) is 24.0. The van der Waals surface area contributed by atoms with Gasteiger partial charge in [0.05, 0.1) is 35.8 Å². The minimum absolute atomic E-state index is 0.137. The summed E-state index contributed by atoms with van der Waals surface area (Å²) in [5, 5.41) is 0. The van der Waals surface area contributed by atoms with Gasteiger partial charge in [-0.15, -0.1) is 23.2 Å². The lowest BCUT2D eigenvalue weighted by molar-refractivity contribution is -0.160. The minimum Gasteiger partial charge on any atom is -0.464 e. The van der Waals surface area contributed by atoms with Gasteiger partial charge in [-0.25, -0.2) is 0 Å². The van der Waals surface area contributed by atoms with Crippen molar-refractivity contribution in [3.05, 3.63) is 0 Å². The topological polar surface area (TPSA) is 61.8 Å². The van der Waals surface area contributed by atoms with Gasteiger partial charge in [-0.05, 0) is 12.8 Å². The lowest BCUT2D eigenvalue weighted by atomic mass is 9.79. The first-order valence-corrected chi connectivity index (χ1v) is 7.36. The van der Waals surface area contributed by atoms with Crippen LogP contribution in [0.25, 0.3) is 0 Å². The molecule has 108 valence electrons. The molecule has 0 amide bonds. The number of hydrogen-bond donors (Lipinski definition) is 0. The molecule has 0 radical (unpaired) electrons. The van der Waals surface area contributed by atoms with Crippen LogP contribution >= 0.6 is 23.2 Å². The number of halogens is 2. The number of ether oxygens (including phenoxy) is 3. The molecule has 7 heteroatoms. The van der Waals surface area contributed by atoms with Gasteiger partial charge in [0.25, 0.3) is 0 Å². The average Bonchev–Trinajstić information content (AvgIpc) is 3.02. The predicted octanol–water partition coefficient (Wildman–Crippen LogP) is 1.34. The van der Waals surface area contributed by atoms with Crippen molar-refractivity contribution in [2.75, 3.05) is 25.0 Å². The van der Waals surface area contributed by atoms with E-state index in [2.05, 4.69) is 0 Å². The van der Waals surface area contributed by atoms with E-state index < -0.39 is 23.8 Å². The lowest BCUT2D eigenvalue weighted by Crippen LogP contribution is -2.40. The Balaban J connectivity index is 2.02. The second kappa shape index (κ2) is 6.77. The van der Waals surface area contributed by atoms with Gasteiger partial charge in [0, 0.05) is 0 Å². The monoisotopic (exact) mass is 310 g/mol. The van der Waals surface area contributed by atoms with Crippen LogP contribution in [0.5, 0.6) is 0 Å². The number of carbonyl (C=O) groups is 2. The molecule has 0 aromatic carbocycles. The molecular weight excluding hydrogens is 295 g/mol. The first kappa shape index (κ1) is 14.9. The molecule has 19 heavy (non-hydrogen) atoms. The van der Waals surface area contributed by atoms with Crippen LogP contribution in [0.15, 0.2) is 0 Å². The predicted molar refractivity (Wildman–Crippen MR) is 68.2 cm³/mol. The van der Waals surface area contributed by atoms with Gasteiger partial charge in [-0.2, -0.15) is 0 Å². The van der Waals surface area contributed by atoms with E-state index in [1.165, 1.54) is 0 Å². The molecule has 2 aliphatic heterocycles. The summed E-state index contributed by atoms with van der Waals surface area (Å²) < 4.78 is 15.7. The number of fused-ring (bicyclic) bond motifs is 2. The maximum atomic E-state index is 12.0. The summed E-state index contributed by atoms with van der Waals surface area (Å²) in [6.45, 7) is 0.273. The van der Waals surface area contributed by atoms with E-state index in [0.717, 1.165) is 12.8 Å². The summed E-state index contributed by atoms with van der Waals surface area (Å²) in [6, 6.07) is 0. The van der Waals surface area contributed by atoms with Gasteiger partial charge >= 0.3 is 11.9 Å². The molecule has 0 aromatic heterocycles. The number of rotatable bonds is 6. The van der Waals surface area contributed by atoms with Crippen molar-refractivity contribution < 1.29 is 23.8 Å². The molecule has 2 heterocycles. The van der Waals surface area contributed by atoms with Crippen LogP contribution in [0.3, 0.4) is 0 Å². The Labute approximate surface area is 121 Å². The highest BCUT2D eigenvalue weighted by molar-refractivity contribution is 6.18. The third-order valence-electron chi connectivity index (χ3n) is 3.46. The zero-order valence-corrected chi connectivity index (χ0v) is 11.9. The molecule has 2 saturated heterocycles. The van der Waals surface area contributed by atoms with Gasteiger partial charge in [-0.1, -0.05) is 0 Å². The van der Waals surface area contributed by atoms with Gasteiger partial charge < -0.3 is 14.2 Å². The minimum atomic E-state index is -0.579. The van der Waals surface area contributed by atoms with Crippen LogP contribution in [-0.4, -0.2) is 49.1 Å². The van der Waals surface area contributed by atoms with Gasteiger partial charge in [0.2, 0.25) is 0 Å². The Bertz CT molecular complexity index is 317. The summed E-state index contributed by atoms with van der Waals surface area (Å²) in [6.07, 6.45) is 1.04. The summed E-state index contributed by atoms with van der Waals surface area (Å²) in [5.74, 6) is -1.56. The maximum absolute atomic E-state index is 12.0. The molecule has 4 atom stereocenters. The van der Waals surface area contributed by atoms with Crippen molar-refractivity contribution in [2.24, 2.45) is 11.8 Å². The molecule has 2 fully saturated rings. The fraction of sp³-hybridized carbons (Fsp3) is 0.833. The average molecular weight is 311 g/mol. The van der Waals surface area contributed by atoms with Gasteiger partial charge in [0.1, 0.15) is 13.2 Å². The first-order valence-electron chi connectivity index (χ1n) is 6.29. The van der Waals surface area contributed by atoms with E-state index in [1.807, 2.05) is 0 Å². The fourth-order valence-corrected chi connectivity index (χ4v) is 2.90. The normalized spacial score (nSPS) is 32.3.